The first-order valence-corrected chi connectivity index (χ1v) is 10.4. The Morgan fingerprint density at radius 1 is 1.22 bits per heavy atom. The molecule has 1 aromatic carbocycles. The molecule has 0 atom stereocenters. The van der Waals surface area contributed by atoms with E-state index in [1.807, 2.05) is 29.6 Å². The minimum atomic E-state index is 0.0218. The number of fused-ring (bicyclic) bond motifs is 1. The number of ether oxygens (including phenoxy) is 1. The van der Waals surface area contributed by atoms with Gasteiger partial charge in [-0.2, -0.15) is 0 Å². The molecule has 3 aromatic rings. The maximum absolute atomic E-state index is 12.6. The zero-order chi connectivity index (χ0) is 18.6. The largest absolute Gasteiger partial charge is 0.379 e. The average molecular weight is 404 g/mol. The second kappa shape index (κ2) is 8.44. The highest BCUT2D eigenvalue weighted by atomic mass is 35.5. The van der Waals surface area contributed by atoms with Gasteiger partial charge >= 0.3 is 0 Å². The highest BCUT2D eigenvalue weighted by Gasteiger charge is 2.15. The van der Waals surface area contributed by atoms with Crippen LogP contribution in [0.1, 0.15) is 0 Å². The van der Waals surface area contributed by atoms with E-state index in [9.17, 15) is 4.79 Å². The minimum absolute atomic E-state index is 0.0218. The van der Waals surface area contributed by atoms with Crippen molar-refractivity contribution in [3.8, 4) is 10.6 Å². The van der Waals surface area contributed by atoms with Crippen molar-refractivity contribution in [1.29, 1.82) is 0 Å². The van der Waals surface area contributed by atoms with E-state index in [1.165, 1.54) is 0 Å². The maximum Gasteiger partial charge on any atom is 0.240 e. The zero-order valence-electron chi connectivity index (χ0n) is 15.0. The first kappa shape index (κ1) is 18.5. The molecule has 5 nitrogen and oxygen atoms in total. The number of benzene rings is 1. The van der Waals surface area contributed by atoms with Gasteiger partial charge in [0.25, 0.3) is 0 Å². The Morgan fingerprint density at radius 2 is 2.07 bits per heavy atom. The molecule has 0 spiro atoms. The molecule has 1 N–H and O–H groups in total. The molecular weight excluding hydrogens is 382 g/mol. The van der Waals surface area contributed by atoms with Crippen LogP contribution in [0.2, 0.25) is 5.02 Å². The van der Waals surface area contributed by atoms with Gasteiger partial charge < -0.3 is 14.6 Å². The number of hydrogen-bond donors (Lipinski definition) is 1. The van der Waals surface area contributed by atoms with Gasteiger partial charge in [0.05, 0.1) is 23.8 Å². The summed E-state index contributed by atoms with van der Waals surface area (Å²) in [5, 5.41) is 6.85. The third-order valence-corrected chi connectivity index (χ3v) is 5.92. The van der Waals surface area contributed by atoms with Crippen LogP contribution < -0.4 is 5.32 Å². The fraction of sp³-hybridized carbons (Fsp3) is 0.350. The van der Waals surface area contributed by atoms with Crippen LogP contribution in [-0.4, -0.2) is 54.8 Å². The molecule has 1 aliphatic heterocycles. The van der Waals surface area contributed by atoms with Crippen molar-refractivity contribution in [3.63, 3.8) is 0 Å². The van der Waals surface area contributed by atoms with E-state index in [4.69, 9.17) is 16.3 Å². The summed E-state index contributed by atoms with van der Waals surface area (Å²) in [4.78, 5) is 16.0. The Hall–Kier alpha value is -1.86. The summed E-state index contributed by atoms with van der Waals surface area (Å²) in [7, 11) is 0. The number of carbonyl (C=O) groups is 1. The molecule has 0 saturated carbocycles. The highest BCUT2D eigenvalue weighted by Crippen LogP contribution is 2.32. The molecule has 3 heterocycles. The quantitative estimate of drug-likeness (QED) is 0.685. The molecule has 1 aliphatic rings. The van der Waals surface area contributed by atoms with E-state index >= 15 is 0 Å². The number of morpholine rings is 1. The third kappa shape index (κ3) is 4.35. The molecular formula is C20H22ClN3O2S. The summed E-state index contributed by atoms with van der Waals surface area (Å²) in [6.45, 7) is 5.21. The van der Waals surface area contributed by atoms with Crippen LogP contribution in [0.3, 0.4) is 0 Å². The minimum Gasteiger partial charge on any atom is -0.379 e. The van der Waals surface area contributed by atoms with Gasteiger partial charge in [0.1, 0.15) is 6.54 Å². The Labute approximate surface area is 167 Å². The van der Waals surface area contributed by atoms with Gasteiger partial charge in [-0.05, 0) is 35.7 Å². The van der Waals surface area contributed by atoms with E-state index < -0.39 is 0 Å². The Bertz CT molecular complexity index is 917. The Balaban J connectivity index is 1.48. The maximum atomic E-state index is 12.6. The molecule has 1 amide bonds. The number of hydrogen-bond acceptors (Lipinski definition) is 4. The third-order valence-electron chi connectivity index (χ3n) is 4.79. The van der Waals surface area contributed by atoms with Crippen LogP contribution in [0, 0.1) is 0 Å². The van der Waals surface area contributed by atoms with E-state index in [-0.39, 0.29) is 5.91 Å². The van der Waals surface area contributed by atoms with Crippen molar-refractivity contribution >= 4 is 39.7 Å². The van der Waals surface area contributed by atoms with Crippen molar-refractivity contribution in [2.75, 3.05) is 39.4 Å². The van der Waals surface area contributed by atoms with E-state index in [0.29, 0.717) is 18.1 Å². The molecule has 0 aliphatic carbocycles. The van der Waals surface area contributed by atoms with Crippen LogP contribution in [0.25, 0.3) is 21.5 Å². The monoisotopic (exact) mass is 403 g/mol. The molecule has 0 bridgehead atoms. The van der Waals surface area contributed by atoms with Crippen molar-refractivity contribution < 1.29 is 9.53 Å². The smallest absolute Gasteiger partial charge is 0.240 e. The van der Waals surface area contributed by atoms with E-state index in [1.54, 1.807) is 11.3 Å². The zero-order valence-corrected chi connectivity index (χ0v) is 16.6. The van der Waals surface area contributed by atoms with Crippen LogP contribution in [0.4, 0.5) is 0 Å². The lowest BCUT2D eigenvalue weighted by Crippen LogP contribution is -2.41. The van der Waals surface area contributed by atoms with Crippen LogP contribution in [-0.2, 0) is 16.1 Å². The van der Waals surface area contributed by atoms with Crippen LogP contribution >= 0.6 is 22.9 Å². The van der Waals surface area contributed by atoms with Gasteiger partial charge in [0.2, 0.25) is 5.91 Å². The molecule has 0 unspecified atom stereocenters. The lowest BCUT2D eigenvalue weighted by atomic mass is 10.2. The molecule has 4 rings (SSSR count). The summed E-state index contributed by atoms with van der Waals surface area (Å²) in [6, 6.07) is 12.0. The first-order chi connectivity index (χ1) is 13.2. The van der Waals surface area contributed by atoms with Crippen molar-refractivity contribution in [1.82, 2.24) is 14.8 Å². The molecule has 0 radical (unpaired) electrons. The predicted molar refractivity (Wildman–Crippen MR) is 111 cm³/mol. The summed E-state index contributed by atoms with van der Waals surface area (Å²) in [5.41, 5.74) is 2.07. The normalized spacial score (nSPS) is 15.3. The highest BCUT2D eigenvalue weighted by molar-refractivity contribution is 7.13. The van der Waals surface area contributed by atoms with Gasteiger partial charge in [-0.15, -0.1) is 11.3 Å². The molecule has 2 aromatic heterocycles. The van der Waals surface area contributed by atoms with E-state index in [0.717, 1.165) is 54.3 Å². The number of carbonyl (C=O) groups excluding carboxylic acids is 1. The number of nitrogens with one attached hydrogen (secondary N) is 1. The number of thiophene rings is 1. The Morgan fingerprint density at radius 3 is 2.85 bits per heavy atom. The van der Waals surface area contributed by atoms with Crippen LogP contribution in [0.5, 0.6) is 0 Å². The second-order valence-electron chi connectivity index (χ2n) is 6.60. The van der Waals surface area contributed by atoms with Crippen molar-refractivity contribution in [2.24, 2.45) is 0 Å². The lowest BCUT2D eigenvalue weighted by molar-refractivity contribution is -0.121. The molecule has 142 valence electrons. The summed E-state index contributed by atoms with van der Waals surface area (Å²) in [6.07, 6.45) is 0. The molecule has 7 heteroatoms. The summed E-state index contributed by atoms with van der Waals surface area (Å²) >= 11 is 7.82. The molecule has 1 fully saturated rings. The predicted octanol–water partition coefficient (Wildman–Crippen LogP) is 3.47. The van der Waals surface area contributed by atoms with Gasteiger partial charge in [-0.25, -0.2) is 0 Å². The second-order valence-corrected chi connectivity index (χ2v) is 7.98. The standard InChI is InChI=1S/C20H22ClN3O2S/c21-16-3-4-17-15(12-16)13-18(19-2-1-11-27-19)24(17)14-20(25)22-5-6-23-7-9-26-10-8-23/h1-4,11-13H,5-10,14H2,(H,22,25). The number of amides is 1. The van der Waals surface area contributed by atoms with Gasteiger partial charge in [0, 0.05) is 42.1 Å². The van der Waals surface area contributed by atoms with Crippen molar-refractivity contribution in [2.45, 2.75) is 6.54 Å². The van der Waals surface area contributed by atoms with Gasteiger partial charge in [-0.3, -0.25) is 9.69 Å². The fourth-order valence-corrected chi connectivity index (χ4v) is 4.35. The topological polar surface area (TPSA) is 46.5 Å². The number of nitrogens with zero attached hydrogens (tertiary/aromatic N) is 2. The molecule has 1 saturated heterocycles. The lowest BCUT2D eigenvalue weighted by Gasteiger charge is -2.26. The van der Waals surface area contributed by atoms with Gasteiger partial charge in [-0.1, -0.05) is 17.7 Å². The van der Waals surface area contributed by atoms with Gasteiger partial charge in [0.15, 0.2) is 0 Å². The van der Waals surface area contributed by atoms with Crippen LogP contribution in [0.15, 0.2) is 41.8 Å². The number of aromatic nitrogens is 1. The molecule has 27 heavy (non-hydrogen) atoms. The fourth-order valence-electron chi connectivity index (χ4n) is 3.42. The average Bonchev–Trinajstić information content (AvgIpc) is 3.30. The first-order valence-electron chi connectivity index (χ1n) is 9.10. The SMILES string of the molecule is O=C(Cn1c(-c2cccs2)cc2cc(Cl)ccc21)NCCN1CCOCC1. The summed E-state index contributed by atoms with van der Waals surface area (Å²) in [5.74, 6) is 0.0218. The van der Waals surface area contributed by atoms with E-state index in [2.05, 4.69) is 26.9 Å². The summed E-state index contributed by atoms with van der Waals surface area (Å²) < 4.78 is 7.43. The number of halogens is 1. The Kier molecular flexibility index (Phi) is 5.78. The number of rotatable bonds is 6. The van der Waals surface area contributed by atoms with Crippen molar-refractivity contribution in [3.05, 3.63) is 46.8 Å².